The maximum Gasteiger partial charge on any atom is 0.191 e. The van der Waals surface area contributed by atoms with Gasteiger partial charge in [-0.2, -0.15) is 0 Å². The fourth-order valence-electron chi connectivity index (χ4n) is 3.06. The molecular formula is C19H31FIN3O. The number of benzene rings is 1. The topological polar surface area (TPSA) is 45.7 Å². The van der Waals surface area contributed by atoms with E-state index in [4.69, 9.17) is 9.73 Å². The van der Waals surface area contributed by atoms with Crippen LogP contribution >= 0.6 is 24.0 Å². The molecule has 0 amide bonds. The normalized spacial score (nSPS) is 16.8. The molecule has 0 atom stereocenters. The van der Waals surface area contributed by atoms with Crippen LogP contribution in [0.1, 0.15) is 45.1 Å². The first-order valence-corrected chi connectivity index (χ1v) is 9.06. The maximum absolute atomic E-state index is 13.3. The quantitative estimate of drug-likeness (QED) is 0.280. The zero-order valence-corrected chi connectivity index (χ0v) is 17.6. The highest BCUT2D eigenvalue weighted by atomic mass is 127. The lowest BCUT2D eigenvalue weighted by Crippen LogP contribution is -2.41. The van der Waals surface area contributed by atoms with Crippen molar-refractivity contribution >= 4 is 29.9 Å². The van der Waals surface area contributed by atoms with E-state index in [1.54, 1.807) is 12.1 Å². The fraction of sp³-hybridized carbons (Fsp3) is 0.632. The van der Waals surface area contributed by atoms with Crippen LogP contribution in [-0.2, 0) is 10.2 Å². The van der Waals surface area contributed by atoms with Crippen LogP contribution in [0.5, 0.6) is 0 Å². The molecule has 1 aliphatic heterocycles. The monoisotopic (exact) mass is 463 g/mol. The SMILES string of the molecule is CCCCNC(=NCC1(c2ccc(F)cc2)CCOCC1)NCC.I. The summed E-state index contributed by atoms with van der Waals surface area (Å²) in [4.78, 5) is 4.83. The van der Waals surface area contributed by atoms with Gasteiger partial charge in [-0.3, -0.25) is 4.99 Å². The summed E-state index contributed by atoms with van der Waals surface area (Å²) in [7, 11) is 0. The van der Waals surface area contributed by atoms with E-state index in [9.17, 15) is 4.39 Å². The predicted molar refractivity (Wildman–Crippen MR) is 112 cm³/mol. The molecule has 1 aliphatic rings. The molecule has 0 spiro atoms. The maximum atomic E-state index is 13.3. The molecule has 0 aromatic heterocycles. The highest BCUT2D eigenvalue weighted by Gasteiger charge is 2.34. The number of hydrogen-bond acceptors (Lipinski definition) is 2. The van der Waals surface area contributed by atoms with Crippen LogP contribution in [0, 0.1) is 5.82 Å². The number of ether oxygens (including phenoxy) is 1. The van der Waals surface area contributed by atoms with E-state index >= 15 is 0 Å². The molecule has 0 radical (unpaired) electrons. The van der Waals surface area contributed by atoms with Crippen LogP contribution in [0.2, 0.25) is 0 Å². The van der Waals surface area contributed by atoms with Crippen LogP contribution in [0.3, 0.4) is 0 Å². The van der Waals surface area contributed by atoms with Crippen molar-refractivity contribution in [2.75, 3.05) is 32.8 Å². The molecule has 2 rings (SSSR count). The van der Waals surface area contributed by atoms with Crippen LogP contribution < -0.4 is 10.6 Å². The molecule has 0 saturated carbocycles. The molecule has 2 N–H and O–H groups in total. The summed E-state index contributed by atoms with van der Waals surface area (Å²) in [5.74, 6) is 0.665. The van der Waals surface area contributed by atoms with Crippen LogP contribution in [-0.4, -0.2) is 38.8 Å². The molecule has 1 fully saturated rings. The second kappa shape index (κ2) is 11.7. The number of nitrogens with one attached hydrogen (secondary N) is 2. The lowest BCUT2D eigenvalue weighted by molar-refractivity contribution is 0.0531. The number of rotatable bonds is 7. The third-order valence-corrected chi connectivity index (χ3v) is 4.61. The third-order valence-electron chi connectivity index (χ3n) is 4.61. The van der Waals surface area contributed by atoms with Gasteiger partial charge in [-0.1, -0.05) is 25.5 Å². The van der Waals surface area contributed by atoms with E-state index < -0.39 is 0 Å². The Morgan fingerprint density at radius 2 is 1.84 bits per heavy atom. The van der Waals surface area contributed by atoms with Crippen molar-refractivity contribution in [1.82, 2.24) is 10.6 Å². The van der Waals surface area contributed by atoms with Crippen molar-refractivity contribution in [2.45, 2.75) is 44.9 Å². The molecule has 4 nitrogen and oxygen atoms in total. The smallest absolute Gasteiger partial charge is 0.191 e. The Balaban J connectivity index is 0.00000312. The number of aliphatic imine (C=N–C) groups is 1. The molecule has 1 aromatic rings. The Morgan fingerprint density at radius 1 is 1.16 bits per heavy atom. The van der Waals surface area contributed by atoms with Gasteiger partial charge in [0.1, 0.15) is 5.82 Å². The highest BCUT2D eigenvalue weighted by molar-refractivity contribution is 14.0. The summed E-state index contributed by atoms with van der Waals surface area (Å²) >= 11 is 0. The Kier molecular flexibility index (Phi) is 10.3. The van der Waals surface area contributed by atoms with E-state index in [0.29, 0.717) is 6.54 Å². The average Bonchev–Trinajstić information content (AvgIpc) is 2.61. The molecule has 1 heterocycles. The van der Waals surface area contributed by atoms with Gasteiger partial charge in [0.05, 0.1) is 6.54 Å². The van der Waals surface area contributed by atoms with Gasteiger partial charge >= 0.3 is 0 Å². The largest absolute Gasteiger partial charge is 0.381 e. The molecule has 0 unspecified atom stereocenters. The Hall–Kier alpha value is -0.890. The zero-order chi connectivity index (χ0) is 17.3. The van der Waals surface area contributed by atoms with Crippen molar-refractivity contribution in [3.63, 3.8) is 0 Å². The summed E-state index contributed by atoms with van der Waals surface area (Å²) in [5, 5.41) is 6.69. The van der Waals surface area contributed by atoms with E-state index in [-0.39, 0.29) is 35.2 Å². The van der Waals surface area contributed by atoms with Crippen molar-refractivity contribution in [3.05, 3.63) is 35.6 Å². The number of halogens is 2. The van der Waals surface area contributed by atoms with E-state index in [1.807, 2.05) is 12.1 Å². The molecule has 1 aromatic carbocycles. The standard InChI is InChI=1S/C19H30FN3O.HI/c1-3-5-12-22-18(21-4-2)23-15-19(10-13-24-14-11-19)16-6-8-17(20)9-7-16;/h6-9H,3-5,10-15H2,1-2H3,(H2,21,22,23);1H. The zero-order valence-electron chi connectivity index (χ0n) is 15.3. The van der Waals surface area contributed by atoms with Gasteiger partial charge in [0.15, 0.2) is 5.96 Å². The first-order chi connectivity index (χ1) is 11.7. The third kappa shape index (κ3) is 6.73. The summed E-state index contributed by atoms with van der Waals surface area (Å²) in [6.07, 6.45) is 4.11. The fourth-order valence-corrected chi connectivity index (χ4v) is 3.06. The van der Waals surface area contributed by atoms with Crippen LogP contribution in [0.4, 0.5) is 4.39 Å². The van der Waals surface area contributed by atoms with Crippen LogP contribution in [0.15, 0.2) is 29.3 Å². The second-order valence-corrected chi connectivity index (χ2v) is 6.38. The summed E-state index contributed by atoms with van der Waals surface area (Å²) < 4.78 is 18.8. The van der Waals surface area contributed by atoms with E-state index in [0.717, 1.165) is 63.5 Å². The minimum atomic E-state index is -0.195. The van der Waals surface area contributed by atoms with Gasteiger partial charge in [-0.25, -0.2) is 4.39 Å². The molecule has 1 saturated heterocycles. The number of hydrogen-bond donors (Lipinski definition) is 2. The highest BCUT2D eigenvalue weighted by Crippen LogP contribution is 2.35. The van der Waals surface area contributed by atoms with E-state index in [1.165, 1.54) is 0 Å². The second-order valence-electron chi connectivity index (χ2n) is 6.38. The number of guanidine groups is 1. The van der Waals surface area contributed by atoms with Crippen molar-refractivity contribution < 1.29 is 9.13 Å². The Morgan fingerprint density at radius 3 is 2.44 bits per heavy atom. The molecular weight excluding hydrogens is 432 g/mol. The first-order valence-electron chi connectivity index (χ1n) is 9.06. The minimum absolute atomic E-state index is 0. The van der Waals surface area contributed by atoms with Gasteiger partial charge in [0.2, 0.25) is 0 Å². The van der Waals surface area contributed by atoms with Crippen LogP contribution in [0.25, 0.3) is 0 Å². The van der Waals surface area contributed by atoms with Gasteiger partial charge in [-0.15, -0.1) is 24.0 Å². The van der Waals surface area contributed by atoms with Gasteiger partial charge in [-0.05, 0) is 43.9 Å². The molecule has 0 bridgehead atoms. The molecule has 142 valence electrons. The van der Waals surface area contributed by atoms with Gasteiger partial charge in [0, 0.05) is 31.7 Å². The lowest BCUT2D eigenvalue weighted by atomic mass is 9.74. The minimum Gasteiger partial charge on any atom is -0.381 e. The number of nitrogens with zero attached hydrogens (tertiary/aromatic N) is 1. The summed E-state index contributed by atoms with van der Waals surface area (Å²) in [6.45, 7) is 8.15. The number of unbranched alkanes of at least 4 members (excludes halogenated alkanes) is 1. The first kappa shape index (κ1) is 22.2. The molecule has 0 aliphatic carbocycles. The summed E-state index contributed by atoms with van der Waals surface area (Å²) in [5.41, 5.74) is 1.08. The van der Waals surface area contributed by atoms with Gasteiger partial charge < -0.3 is 15.4 Å². The predicted octanol–water partition coefficient (Wildman–Crippen LogP) is 3.85. The van der Waals surface area contributed by atoms with Crippen molar-refractivity contribution in [2.24, 2.45) is 4.99 Å². The summed E-state index contributed by atoms with van der Waals surface area (Å²) in [6, 6.07) is 6.88. The van der Waals surface area contributed by atoms with Crippen molar-refractivity contribution in [1.29, 1.82) is 0 Å². The Labute approximate surface area is 168 Å². The lowest BCUT2D eigenvalue weighted by Gasteiger charge is -2.36. The van der Waals surface area contributed by atoms with Crippen molar-refractivity contribution in [3.8, 4) is 0 Å². The Bertz CT molecular complexity index is 516. The average molecular weight is 463 g/mol. The van der Waals surface area contributed by atoms with Gasteiger partial charge in [0.25, 0.3) is 0 Å². The van der Waals surface area contributed by atoms with E-state index in [2.05, 4.69) is 24.5 Å². The molecule has 25 heavy (non-hydrogen) atoms. The molecule has 6 heteroatoms.